The van der Waals surface area contributed by atoms with Gasteiger partial charge >= 0.3 is 0 Å². The van der Waals surface area contributed by atoms with Crippen molar-refractivity contribution in [2.24, 2.45) is 10.4 Å². The van der Waals surface area contributed by atoms with Crippen molar-refractivity contribution in [2.45, 2.75) is 39.0 Å². The molecule has 0 unspecified atom stereocenters. The van der Waals surface area contributed by atoms with Crippen molar-refractivity contribution < 1.29 is 4.79 Å². The van der Waals surface area contributed by atoms with Gasteiger partial charge in [-0.05, 0) is 49.8 Å². The molecule has 1 aliphatic heterocycles. The third-order valence-corrected chi connectivity index (χ3v) is 5.42. The van der Waals surface area contributed by atoms with E-state index in [0.717, 1.165) is 31.2 Å². The van der Waals surface area contributed by atoms with Crippen LogP contribution in [0.2, 0.25) is 0 Å². The third-order valence-electron chi connectivity index (χ3n) is 5.42. The topological polar surface area (TPSA) is 56.7 Å². The maximum Gasteiger partial charge on any atom is 0.246 e. The largest absolute Gasteiger partial charge is 0.357 e. The van der Waals surface area contributed by atoms with E-state index in [2.05, 4.69) is 33.4 Å². The number of anilines is 1. The van der Waals surface area contributed by atoms with Gasteiger partial charge in [-0.2, -0.15) is 0 Å². The average Bonchev–Trinajstić information content (AvgIpc) is 3.29. The van der Waals surface area contributed by atoms with Gasteiger partial charge in [0, 0.05) is 30.9 Å². The van der Waals surface area contributed by atoms with Crippen LogP contribution < -0.4 is 10.6 Å². The molecule has 1 heterocycles. The van der Waals surface area contributed by atoms with Gasteiger partial charge < -0.3 is 15.5 Å². The quantitative estimate of drug-likeness (QED) is 0.498. The van der Waals surface area contributed by atoms with E-state index in [1.54, 1.807) is 6.07 Å². The minimum absolute atomic E-state index is 0.103. The minimum Gasteiger partial charge on any atom is -0.357 e. The Morgan fingerprint density at radius 1 is 1.35 bits per heavy atom. The van der Waals surface area contributed by atoms with E-state index in [1.807, 2.05) is 18.2 Å². The monoisotopic (exact) mass is 352 g/mol. The van der Waals surface area contributed by atoms with Gasteiger partial charge in [-0.25, -0.2) is 4.99 Å². The Hall–Kier alpha value is -2.48. The predicted molar refractivity (Wildman–Crippen MR) is 106 cm³/mol. The fourth-order valence-electron chi connectivity index (χ4n) is 4.11. The smallest absolute Gasteiger partial charge is 0.246 e. The summed E-state index contributed by atoms with van der Waals surface area (Å²) in [5, 5.41) is 6.20. The van der Waals surface area contributed by atoms with Crippen molar-refractivity contribution in [3.05, 3.63) is 29.8 Å². The molecule has 0 atom stereocenters. The highest BCUT2D eigenvalue weighted by Gasteiger charge is 2.41. The summed E-state index contributed by atoms with van der Waals surface area (Å²) >= 11 is 0. The Kier molecular flexibility index (Phi) is 5.82. The van der Waals surface area contributed by atoms with Crippen molar-refractivity contribution in [3.8, 4) is 12.3 Å². The molecule has 0 radical (unpaired) electrons. The highest BCUT2D eigenvalue weighted by atomic mass is 16.1. The number of hydrogen-bond acceptors (Lipinski definition) is 2. The van der Waals surface area contributed by atoms with Crippen molar-refractivity contribution in [2.75, 3.05) is 31.5 Å². The molecule has 3 rings (SSSR count). The second-order valence-corrected chi connectivity index (χ2v) is 7.32. The maximum atomic E-state index is 12.3. The SMILES string of the molecule is C#Cc1cccc(NC(=O)CN=C(NCC)N2CCC3(CCCC3)C2)c1. The summed E-state index contributed by atoms with van der Waals surface area (Å²) in [6.07, 6.45) is 12.0. The number of amides is 1. The number of carbonyl (C=O) groups is 1. The number of benzene rings is 1. The van der Waals surface area contributed by atoms with Crippen LogP contribution in [-0.2, 0) is 4.79 Å². The van der Waals surface area contributed by atoms with Crippen molar-refractivity contribution >= 4 is 17.6 Å². The van der Waals surface area contributed by atoms with Crippen molar-refractivity contribution in [1.29, 1.82) is 0 Å². The van der Waals surface area contributed by atoms with Gasteiger partial charge in [-0.1, -0.05) is 24.8 Å². The molecule has 1 amide bonds. The first-order valence-corrected chi connectivity index (χ1v) is 9.54. The average molecular weight is 352 g/mol. The molecule has 26 heavy (non-hydrogen) atoms. The van der Waals surface area contributed by atoms with E-state index in [9.17, 15) is 4.79 Å². The number of nitrogens with zero attached hydrogens (tertiary/aromatic N) is 2. The summed E-state index contributed by atoms with van der Waals surface area (Å²) in [6.45, 7) is 5.05. The fraction of sp³-hybridized carbons (Fsp3) is 0.524. The molecule has 1 saturated heterocycles. The molecule has 2 aliphatic rings. The molecule has 1 spiro atoms. The zero-order valence-electron chi connectivity index (χ0n) is 15.6. The molecular formula is C21H28N4O. The lowest BCUT2D eigenvalue weighted by Gasteiger charge is -2.25. The standard InChI is InChI=1S/C21H28N4O/c1-3-17-8-7-9-18(14-17)24-19(26)15-23-20(22-4-2)25-13-12-21(16-25)10-5-6-11-21/h1,7-9,14H,4-6,10-13,15-16H2,2H3,(H,22,23)(H,24,26). The van der Waals surface area contributed by atoms with Gasteiger partial charge in [0.2, 0.25) is 5.91 Å². The van der Waals surface area contributed by atoms with E-state index in [0.29, 0.717) is 11.1 Å². The number of guanidine groups is 1. The van der Waals surface area contributed by atoms with Crippen molar-refractivity contribution in [1.82, 2.24) is 10.2 Å². The number of hydrogen-bond donors (Lipinski definition) is 2. The van der Waals surface area contributed by atoms with Gasteiger partial charge in [0.25, 0.3) is 0 Å². The highest BCUT2D eigenvalue weighted by Crippen LogP contribution is 2.45. The molecule has 0 aromatic heterocycles. The van der Waals surface area contributed by atoms with Gasteiger partial charge in [0.1, 0.15) is 6.54 Å². The van der Waals surface area contributed by atoms with E-state index in [-0.39, 0.29) is 12.5 Å². The lowest BCUT2D eigenvalue weighted by molar-refractivity contribution is -0.114. The van der Waals surface area contributed by atoms with Crippen LogP contribution in [0.4, 0.5) is 5.69 Å². The van der Waals surface area contributed by atoms with E-state index >= 15 is 0 Å². The molecule has 1 aromatic rings. The van der Waals surface area contributed by atoms with Crippen molar-refractivity contribution in [3.63, 3.8) is 0 Å². The molecule has 1 saturated carbocycles. The van der Waals surface area contributed by atoms with E-state index < -0.39 is 0 Å². The summed E-state index contributed by atoms with van der Waals surface area (Å²) in [5.74, 6) is 3.29. The van der Waals surface area contributed by atoms with Gasteiger partial charge in [0.15, 0.2) is 5.96 Å². The molecule has 1 aliphatic carbocycles. The van der Waals surface area contributed by atoms with Gasteiger partial charge in [0.05, 0.1) is 0 Å². The number of carbonyl (C=O) groups excluding carboxylic acids is 1. The fourth-order valence-corrected chi connectivity index (χ4v) is 4.11. The molecule has 138 valence electrons. The van der Waals surface area contributed by atoms with Crippen LogP contribution in [0.15, 0.2) is 29.3 Å². The predicted octanol–water partition coefficient (Wildman–Crippen LogP) is 2.84. The summed E-state index contributed by atoms with van der Waals surface area (Å²) < 4.78 is 0. The van der Waals surface area contributed by atoms with E-state index in [1.165, 1.54) is 32.1 Å². The maximum absolute atomic E-state index is 12.3. The molecule has 5 heteroatoms. The van der Waals surface area contributed by atoms with E-state index in [4.69, 9.17) is 6.42 Å². The minimum atomic E-state index is -0.135. The molecular weight excluding hydrogens is 324 g/mol. The Morgan fingerprint density at radius 3 is 2.88 bits per heavy atom. The van der Waals surface area contributed by atoms with Gasteiger partial charge in [-0.15, -0.1) is 6.42 Å². The normalized spacial score (nSPS) is 18.8. The Labute approximate surface area is 156 Å². The summed E-state index contributed by atoms with van der Waals surface area (Å²) in [7, 11) is 0. The number of likely N-dealkylation sites (tertiary alicyclic amines) is 1. The van der Waals surface area contributed by atoms with Crippen LogP contribution in [-0.4, -0.2) is 42.9 Å². The Balaban J connectivity index is 1.60. The Bertz CT molecular complexity index is 713. The van der Waals surface area contributed by atoms with Crippen LogP contribution in [0.25, 0.3) is 0 Å². The molecule has 2 fully saturated rings. The van der Waals surface area contributed by atoms with Crippen LogP contribution in [0.5, 0.6) is 0 Å². The van der Waals surface area contributed by atoms with Gasteiger partial charge in [-0.3, -0.25) is 4.79 Å². The summed E-state index contributed by atoms with van der Waals surface area (Å²) in [5.41, 5.74) is 1.93. The number of terminal acetylenes is 1. The lowest BCUT2D eigenvalue weighted by Crippen LogP contribution is -2.41. The molecule has 5 nitrogen and oxygen atoms in total. The van der Waals surface area contributed by atoms with Crippen LogP contribution in [0.3, 0.4) is 0 Å². The molecule has 0 bridgehead atoms. The summed E-state index contributed by atoms with van der Waals surface area (Å²) in [6, 6.07) is 7.29. The lowest BCUT2D eigenvalue weighted by atomic mass is 9.86. The molecule has 1 aromatic carbocycles. The number of aliphatic imine (C=N–C) groups is 1. The van der Waals surface area contributed by atoms with Crippen LogP contribution in [0, 0.1) is 17.8 Å². The summed E-state index contributed by atoms with van der Waals surface area (Å²) in [4.78, 5) is 19.2. The van der Waals surface area contributed by atoms with Crippen LogP contribution >= 0.6 is 0 Å². The second kappa shape index (κ2) is 8.27. The Morgan fingerprint density at radius 2 is 2.15 bits per heavy atom. The second-order valence-electron chi connectivity index (χ2n) is 7.32. The zero-order valence-corrected chi connectivity index (χ0v) is 15.6. The zero-order chi connectivity index (χ0) is 18.4. The first kappa shape index (κ1) is 18.3. The number of rotatable bonds is 4. The molecule has 2 N–H and O–H groups in total. The highest BCUT2D eigenvalue weighted by molar-refractivity contribution is 5.94. The van der Waals surface area contributed by atoms with Crippen LogP contribution in [0.1, 0.15) is 44.6 Å². The first-order valence-electron chi connectivity index (χ1n) is 9.54. The third kappa shape index (κ3) is 4.37. The number of nitrogens with one attached hydrogen (secondary N) is 2. The first-order chi connectivity index (χ1) is 12.6.